The van der Waals surface area contributed by atoms with Gasteiger partial charge in [-0.1, -0.05) is 314 Å². The number of rotatable bonds is 61. The maximum atomic E-state index is 12.5. The molecule has 72 heavy (non-hydrogen) atoms. The molecule has 0 fully saturated rings. The van der Waals surface area contributed by atoms with E-state index in [0.29, 0.717) is 19.4 Å². The molecule has 1 amide bonds. The van der Waals surface area contributed by atoms with Crippen LogP contribution in [-0.2, 0) is 14.3 Å². The number of amides is 1. The number of hydrogen-bond acceptors (Lipinski definition) is 5. The van der Waals surface area contributed by atoms with Gasteiger partial charge < -0.3 is 20.3 Å². The maximum absolute atomic E-state index is 12.5. The lowest BCUT2D eigenvalue weighted by Crippen LogP contribution is -2.45. The lowest BCUT2D eigenvalue weighted by molar-refractivity contribution is -0.143. The van der Waals surface area contributed by atoms with E-state index in [-0.39, 0.29) is 18.5 Å². The Bertz CT molecular complexity index is 1120. The van der Waals surface area contributed by atoms with Gasteiger partial charge >= 0.3 is 5.97 Å². The highest BCUT2D eigenvalue weighted by atomic mass is 16.5. The van der Waals surface area contributed by atoms with Gasteiger partial charge in [0.2, 0.25) is 5.91 Å². The molecule has 6 heteroatoms. The second-order valence-corrected chi connectivity index (χ2v) is 22.5. The molecule has 0 radical (unpaired) electrons. The fraction of sp³-hybridized carbons (Fsp3) is 0.909. The van der Waals surface area contributed by atoms with Gasteiger partial charge in [0, 0.05) is 12.8 Å². The van der Waals surface area contributed by atoms with Crippen molar-refractivity contribution >= 4 is 11.9 Å². The number of nitrogens with one attached hydrogen (secondary N) is 1. The Morgan fingerprint density at radius 2 is 0.653 bits per heavy atom. The molecule has 3 N–H and O–H groups in total. The van der Waals surface area contributed by atoms with E-state index in [1.807, 2.05) is 6.08 Å². The number of aliphatic hydroxyl groups excluding tert-OH is 2. The van der Waals surface area contributed by atoms with E-state index in [1.165, 1.54) is 289 Å². The van der Waals surface area contributed by atoms with Gasteiger partial charge in [0.05, 0.1) is 25.4 Å². The van der Waals surface area contributed by atoms with E-state index in [1.54, 1.807) is 6.08 Å². The summed E-state index contributed by atoms with van der Waals surface area (Å²) in [7, 11) is 0. The summed E-state index contributed by atoms with van der Waals surface area (Å²) in [5.41, 5.74) is 0. The molecule has 426 valence electrons. The number of allylic oxidation sites excluding steroid dienone is 3. The molecule has 0 spiro atoms. The van der Waals surface area contributed by atoms with Crippen molar-refractivity contribution in [2.45, 2.75) is 373 Å². The summed E-state index contributed by atoms with van der Waals surface area (Å²) in [6.45, 7) is 4.93. The molecule has 0 rings (SSSR count). The Kier molecular flexibility index (Phi) is 60.5. The second-order valence-electron chi connectivity index (χ2n) is 22.5. The van der Waals surface area contributed by atoms with Crippen LogP contribution < -0.4 is 5.32 Å². The predicted molar refractivity (Wildman–Crippen MR) is 315 cm³/mol. The van der Waals surface area contributed by atoms with E-state index in [9.17, 15) is 19.8 Å². The average molecular weight is 1010 g/mol. The first-order valence-corrected chi connectivity index (χ1v) is 32.6. The largest absolute Gasteiger partial charge is 0.466 e. The van der Waals surface area contributed by atoms with Gasteiger partial charge in [-0.05, 0) is 57.8 Å². The van der Waals surface area contributed by atoms with Crippen molar-refractivity contribution in [2.75, 3.05) is 13.2 Å². The number of esters is 1. The zero-order chi connectivity index (χ0) is 52.2. The van der Waals surface area contributed by atoms with E-state index < -0.39 is 12.1 Å². The summed E-state index contributed by atoms with van der Waals surface area (Å²) in [6, 6.07) is -0.634. The third-order valence-corrected chi connectivity index (χ3v) is 15.2. The molecule has 0 saturated heterocycles. The lowest BCUT2D eigenvalue weighted by atomic mass is 10.0. The molecule has 0 aliphatic rings. The molecule has 0 saturated carbocycles. The van der Waals surface area contributed by atoms with Crippen LogP contribution in [0.15, 0.2) is 24.3 Å². The first-order valence-electron chi connectivity index (χ1n) is 32.6. The summed E-state index contributed by atoms with van der Waals surface area (Å²) in [4.78, 5) is 24.6. The summed E-state index contributed by atoms with van der Waals surface area (Å²) in [6.07, 6.45) is 76.5. The van der Waals surface area contributed by atoms with Crippen LogP contribution in [0.2, 0.25) is 0 Å². The first kappa shape index (κ1) is 70.3. The summed E-state index contributed by atoms with van der Waals surface area (Å²) in [5, 5.41) is 23.2. The highest BCUT2D eigenvalue weighted by Crippen LogP contribution is 2.18. The van der Waals surface area contributed by atoms with Crippen LogP contribution in [0.1, 0.15) is 361 Å². The Hall–Kier alpha value is -1.66. The molecule has 6 nitrogen and oxygen atoms in total. The Morgan fingerprint density at radius 1 is 0.375 bits per heavy atom. The first-order chi connectivity index (χ1) is 35.5. The molecular weight excluding hydrogens is 887 g/mol. The fourth-order valence-electron chi connectivity index (χ4n) is 10.2. The van der Waals surface area contributed by atoms with Crippen molar-refractivity contribution in [3.05, 3.63) is 24.3 Å². The van der Waals surface area contributed by atoms with Crippen LogP contribution in [-0.4, -0.2) is 47.4 Å². The Labute approximate surface area is 450 Å². The highest BCUT2D eigenvalue weighted by Gasteiger charge is 2.18. The normalized spacial score (nSPS) is 12.7. The van der Waals surface area contributed by atoms with E-state index in [2.05, 4.69) is 31.3 Å². The molecule has 2 atom stereocenters. The van der Waals surface area contributed by atoms with Crippen LogP contribution in [0.5, 0.6) is 0 Å². The number of hydrogen-bond donors (Lipinski definition) is 3. The third kappa shape index (κ3) is 57.6. The van der Waals surface area contributed by atoms with Gasteiger partial charge in [-0.2, -0.15) is 0 Å². The van der Waals surface area contributed by atoms with E-state index in [4.69, 9.17) is 4.74 Å². The highest BCUT2D eigenvalue weighted by molar-refractivity contribution is 5.76. The topological polar surface area (TPSA) is 95.9 Å². The van der Waals surface area contributed by atoms with Crippen molar-refractivity contribution in [3.63, 3.8) is 0 Å². The molecule has 0 bridgehead atoms. The van der Waals surface area contributed by atoms with Crippen LogP contribution >= 0.6 is 0 Å². The molecule has 0 heterocycles. The van der Waals surface area contributed by atoms with Crippen LogP contribution in [0.25, 0.3) is 0 Å². The summed E-state index contributed by atoms with van der Waals surface area (Å²) >= 11 is 0. The molecule has 0 aromatic rings. The molecule has 0 aromatic carbocycles. The SMILES string of the molecule is CCCCCCCCCCCCCCCCC/C=C/C(O)C(CO)NC(=O)CCCCCCCCC/C=C\CCCCCCCCCCCOC(=O)CCCCCCCCCCCCCCCCCCCC. The van der Waals surface area contributed by atoms with Gasteiger partial charge in [0.1, 0.15) is 0 Å². The second kappa shape index (κ2) is 61.9. The van der Waals surface area contributed by atoms with Gasteiger partial charge in [0.25, 0.3) is 0 Å². The molecule has 0 aromatic heterocycles. The van der Waals surface area contributed by atoms with Crippen molar-refractivity contribution in [1.82, 2.24) is 5.32 Å². The Balaban J connectivity index is 3.43. The minimum absolute atomic E-state index is 0.0105. The minimum Gasteiger partial charge on any atom is -0.466 e. The quantitative estimate of drug-likeness (QED) is 0.0320. The van der Waals surface area contributed by atoms with Crippen molar-refractivity contribution in [3.8, 4) is 0 Å². The van der Waals surface area contributed by atoms with Crippen molar-refractivity contribution in [2.24, 2.45) is 0 Å². The number of unbranched alkanes of at least 4 members (excludes halogenated alkanes) is 48. The van der Waals surface area contributed by atoms with Crippen LogP contribution in [0, 0.1) is 0 Å². The number of carbonyl (C=O) groups excluding carboxylic acids is 2. The predicted octanol–water partition coefficient (Wildman–Crippen LogP) is 20.6. The number of ether oxygens (including phenoxy) is 1. The summed E-state index contributed by atoms with van der Waals surface area (Å²) < 4.78 is 5.50. The molecule has 0 aliphatic carbocycles. The molecule has 0 aliphatic heterocycles. The molecular formula is C66H127NO5. The van der Waals surface area contributed by atoms with E-state index in [0.717, 1.165) is 44.9 Å². The smallest absolute Gasteiger partial charge is 0.305 e. The van der Waals surface area contributed by atoms with Gasteiger partial charge in [-0.15, -0.1) is 0 Å². The van der Waals surface area contributed by atoms with Crippen molar-refractivity contribution in [1.29, 1.82) is 0 Å². The van der Waals surface area contributed by atoms with Gasteiger partial charge in [-0.25, -0.2) is 0 Å². The van der Waals surface area contributed by atoms with Crippen LogP contribution in [0.4, 0.5) is 0 Å². The standard InChI is InChI=1S/C66H127NO5/c1-3-5-7-9-11-13-15-17-19-21-28-32-36-40-44-48-52-56-60-66(71)72-61-57-53-49-45-41-37-33-29-25-23-22-24-27-31-35-39-43-47-51-55-59-65(70)67-63(62-68)64(69)58-54-50-46-42-38-34-30-26-20-18-16-14-12-10-8-6-4-2/h22,24,54,58,63-64,68-69H,3-21,23,25-53,55-57,59-62H2,1-2H3,(H,67,70)/b24-22-,58-54+. The zero-order valence-electron chi connectivity index (χ0n) is 48.7. The van der Waals surface area contributed by atoms with Crippen LogP contribution in [0.3, 0.4) is 0 Å². The monoisotopic (exact) mass is 1010 g/mol. The number of carbonyl (C=O) groups is 2. The third-order valence-electron chi connectivity index (χ3n) is 15.2. The molecule has 2 unspecified atom stereocenters. The summed E-state index contributed by atoms with van der Waals surface area (Å²) in [5.74, 6) is -0.0636. The fourth-order valence-corrected chi connectivity index (χ4v) is 10.2. The Morgan fingerprint density at radius 3 is 0.986 bits per heavy atom. The zero-order valence-corrected chi connectivity index (χ0v) is 48.7. The van der Waals surface area contributed by atoms with Gasteiger partial charge in [0.15, 0.2) is 0 Å². The maximum Gasteiger partial charge on any atom is 0.305 e. The minimum atomic E-state index is -0.850. The van der Waals surface area contributed by atoms with Crippen molar-refractivity contribution < 1.29 is 24.5 Å². The average Bonchev–Trinajstić information content (AvgIpc) is 3.38. The van der Waals surface area contributed by atoms with E-state index >= 15 is 0 Å². The van der Waals surface area contributed by atoms with Gasteiger partial charge in [-0.3, -0.25) is 9.59 Å². The number of aliphatic hydroxyl groups is 2. The lowest BCUT2D eigenvalue weighted by Gasteiger charge is -2.20.